The lowest BCUT2D eigenvalue weighted by molar-refractivity contribution is 0.927. The maximum atomic E-state index is 6.98. The van der Waals surface area contributed by atoms with E-state index in [4.69, 9.17) is 5.41 Å². The number of benzene rings is 1. The Morgan fingerprint density at radius 3 is 1.56 bits per heavy atom. The largest absolute Gasteiger partial charge is 0.384 e. The van der Waals surface area contributed by atoms with Gasteiger partial charge in [-0.15, -0.1) is 0 Å². The predicted octanol–water partition coefficient (Wildman–Crippen LogP) is 7.47. The molecule has 39 heavy (non-hydrogen) atoms. The van der Waals surface area contributed by atoms with Crippen LogP contribution in [0.25, 0.3) is 0 Å². The Morgan fingerprint density at radius 2 is 1.28 bits per heavy atom. The smallest absolute Gasteiger partial charge is 0.125 e. The lowest BCUT2D eigenvalue weighted by atomic mass is 10.2. The van der Waals surface area contributed by atoms with Crippen LogP contribution in [0.3, 0.4) is 0 Å². The van der Waals surface area contributed by atoms with Crippen LogP contribution in [0.5, 0.6) is 0 Å². The highest BCUT2D eigenvalue weighted by atomic mass is 15.2. The molecule has 1 aromatic carbocycles. The lowest BCUT2D eigenvalue weighted by Crippen LogP contribution is -2.17. The van der Waals surface area contributed by atoms with E-state index in [-0.39, 0.29) is 0 Å². The molecule has 0 saturated carbocycles. The molecule has 4 rings (SSSR count). The second-order valence-corrected chi connectivity index (χ2v) is 9.53. The van der Waals surface area contributed by atoms with Crippen molar-refractivity contribution < 1.29 is 0 Å². The van der Waals surface area contributed by atoms with Crippen LogP contribution in [0.4, 0.5) is 0 Å². The van der Waals surface area contributed by atoms with E-state index in [1.807, 2.05) is 72.4 Å². The van der Waals surface area contributed by atoms with Crippen LogP contribution in [-0.4, -0.2) is 39.1 Å². The van der Waals surface area contributed by atoms with E-state index in [0.717, 1.165) is 41.3 Å². The van der Waals surface area contributed by atoms with Gasteiger partial charge in [0.1, 0.15) is 5.82 Å². The number of hydrogen-bond acceptors (Lipinski definition) is 7. The van der Waals surface area contributed by atoms with Crippen LogP contribution in [0, 0.1) is 47.0 Å². The zero-order valence-electron chi connectivity index (χ0n) is 25.3. The van der Waals surface area contributed by atoms with Gasteiger partial charge in [-0.25, -0.2) is 9.97 Å². The van der Waals surface area contributed by atoms with E-state index in [2.05, 4.69) is 81.2 Å². The Morgan fingerprint density at radius 1 is 0.769 bits per heavy atom. The minimum Gasteiger partial charge on any atom is -0.384 e. The second kappa shape index (κ2) is 21.0. The van der Waals surface area contributed by atoms with Crippen LogP contribution in [0.15, 0.2) is 77.5 Å². The third-order valence-corrected chi connectivity index (χ3v) is 4.79. The molecule has 2 N–H and O–H groups in total. The first-order valence-corrected chi connectivity index (χ1v) is 13.0. The number of aryl methyl sites for hydroxylation is 6. The zero-order valence-corrected chi connectivity index (χ0v) is 25.3. The Balaban J connectivity index is 0.000000463. The molecule has 2 aromatic heterocycles. The summed E-state index contributed by atoms with van der Waals surface area (Å²) >= 11 is 0. The molecule has 0 amide bonds. The number of pyridine rings is 1. The van der Waals surface area contributed by atoms with Gasteiger partial charge in [0.2, 0.25) is 0 Å². The van der Waals surface area contributed by atoms with E-state index in [0.29, 0.717) is 12.3 Å². The van der Waals surface area contributed by atoms with Crippen molar-refractivity contribution in [1.82, 2.24) is 20.3 Å². The van der Waals surface area contributed by atoms with Crippen molar-refractivity contribution in [2.75, 3.05) is 6.54 Å². The summed E-state index contributed by atoms with van der Waals surface area (Å²) in [5.74, 6) is 0.829. The average Bonchev–Trinajstić information content (AvgIpc) is 2.90. The van der Waals surface area contributed by atoms with Crippen LogP contribution in [0.2, 0.25) is 0 Å². The number of aromatic nitrogens is 3. The first kappa shape index (κ1) is 35.0. The van der Waals surface area contributed by atoms with Crippen LogP contribution < -0.4 is 5.32 Å². The van der Waals surface area contributed by atoms with Gasteiger partial charge in [0, 0.05) is 47.6 Å². The van der Waals surface area contributed by atoms with E-state index >= 15 is 0 Å². The van der Waals surface area contributed by atoms with Crippen molar-refractivity contribution in [3.8, 4) is 0 Å². The number of allylic oxidation sites excluding steroid dienone is 1. The van der Waals surface area contributed by atoms with Gasteiger partial charge in [-0.1, -0.05) is 48.0 Å². The highest BCUT2D eigenvalue weighted by Crippen LogP contribution is 1.99. The van der Waals surface area contributed by atoms with Gasteiger partial charge in [0.15, 0.2) is 0 Å². The maximum Gasteiger partial charge on any atom is 0.125 e. The molecule has 0 spiro atoms. The average molecular weight is 530 g/mol. The summed E-state index contributed by atoms with van der Waals surface area (Å²) in [6, 6.07) is 12.5. The molecule has 0 saturated heterocycles. The van der Waals surface area contributed by atoms with Crippen molar-refractivity contribution in [2.24, 2.45) is 10.2 Å². The van der Waals surface area contributed by atoms with Gasteiger partial charge >= 0.3 is 0 Å². The Hall–Kier alpha value is -4.00. The Bertz CT molecular complexity index is 964. The van der Waals surface area contributed by atoms with Crippen molar-refractivity contribution >= 4 is 17.6 Å². The standard InChI is InChI=1S/C8H10.C7H9N.C6H8N2.C6H12N2.C5H8N2/c1-7-3-5-8(2)6-4-7;1-6-3-4-7(2)8-5-6;1-5-3-7-6(2)8-4-5;1-5(2)8-4-6(3)7;1-5-3-2-4-6-7-5/h3-6H,1-2H3;3-5H,1-2H3;3-4H,1-2H3;7-8H,1,4H2,2-3H3;4H,2-3H2,1H3. The molecule has 3 aromatic rings. The van der Waals surface area contributed by atoms with Gasteiger partial charge in [-0.3, -0.25) is 4.98 Å². The molecule has 7 nitrogen and oxygen atoms in total. The van der Waals surface area contributed by atoms with Crippen LogP contribution in [-0.2, 0) is 0 Å². The minimum absolute atomic E-state index is 0.620. The summed E-state index contributed by atoms with van der Waals surface area (Å²) in [4.78, 5) is 12.0. The molecule has 7 heteroatoms. The molecule has 1 aliphatic heterocycles. The fraction of sp³-hybridized carbons (Fsp3) is 0.375. The Kier molecular flexibility index (Phi) is 18.8. The molecule has 0 bridgehead atoms. The summed E-state index contributed by atoms with van der Waals surface area (Å²) in [6.07, 6.45) is 9.48. The van der Waals surface area contributed by atoms with E-state index in [1.165, 1.54) is 16.7 Å². The number of nitrogens with zero attached hydrogens (tertiary/aromatic N) is 5. The summed E-state index contributed by atoms with van der Waals surface area (Å²) in [5, 5.41) is 17.4. The van der Waals surface area contributed by atoms with Crippen LogP contribution >= 0.6 is 0 Å². The second-order valence-electron chi connectivity index (χ2n) is 9.53. The number of hydrogen-bond donors (Lipinski definition) is 2. The first-order chi connectivity index (χ1) is 18.4. The minimum atomic E-state index is 0.620. The molecule has 210 valence electrons. The van der Waals surface area contributed by atoms with Gasteiger partial charge in [0.25, 0.3) is 0 Å². The van der Waals surface area contributed by atoms with Crippen LogP contribution in [0.1, 0.15) is 67.4 Å². The lowest BCUT2D eigenvalue weighted by Gasteiger charge is -2.00. The predicted molar refractivity (Wildman–Crippen MR) is 168 cm³/mol. The van der Waals surface area contributed by atoms with Crippen molar-refractivity contribution in [3.63, 3.8) is 0 Å². The fourth-order valence-electron chi connectivity index (χ4n) is 2.44. The first-order valence-electron chi connectivity index (χ1n) is 13.0. The topological polar surface area (TPSA) is 99.3 Å². The molecule has 3 heterocycles. The third-order valence-electron chi connectivity index (χ3n) is 4.79. The summed E-state index contributed by atoms with van der Waals surface area (Å²) in [6.45, 7) is 21.9. The molecule has 0 atom stereocenters. The molecule has 1 aliphatic rings. The highest BCUT2D eigenvalue weighted by molar-refractivity contribution is 5.85. The Labute approximate surface area is 236 Å². The van der Waals surface area contributed by atoms with Crippen molar-refractivity contribution in [2.45, 2.75) is 75.2 Å². The molecule has 0 aliphatic carbocycles. The van der Waals surface area contributed by atoms with Crippen molar-refractivity contribution in [3.05, 3.63) is 101 Å². The van der Waals surface area contributed by atoms with Gasteiger partial charge in [-0.2, -0.15) is 10.2 Å². The summed E-state index contributed by atoms with van der Waals surface area (Å²) < 4.78 is 0. The molecule has 0 radical (unpaired) electrons. The van der Waals surface area contributed by atoms with E-state index < -0.39 is 0 Å². The third kappa shape index (κ3) is 22.9. The molecular formula is C32H47N7. The van der Waals surface area contributed by atoms with Gasteiger partial charge in [-0.05, 0) is 92.3 Å². The van der Waals surface area contributed by atoms with Gasteiger partial charge < -0.3 is 10.7 Å². The number of nitrogens with one attached hydrogen (secondary N) is 2. The maximum absolute atomic E-state index is 6.98. The fourth-order valence-corrected chi connectivity index (χ4v) is 2.44. The quantitative estimate of drug-likeness (QED) is 0.344. The van der Waals surface area contributed by atoms with E-state index in [9.17, 15) is 0 Å². The summed E-state index contributed by atoms with van der Waals surface area (Å²) in [5.41, 5.74) is 8.75. The molecule has 0 fully saturated rings. The molecule has 0 unspecified atom stereocenters. The molecular weight excluding hydrogens is 482 g/mol. The monoisotopic (exact) mass is 529 g/mol. The normalized spacial score (nSPS) is 10.8. The van der Waals surface area contributed by atoms with Gasteiger partial charge in [0.05, 0.1) is 6.54 Å². The highest BCUT2D eigenvalue weighted by Gasteiger charge is 1.92. The zero-order chi connectivity index (χ0) is 29.6. The number of rotatable bonds is 3. The SMILES string of the molecule is C=C(C)NCC(C)=N.CC1=NN=CCC1.Cc1ccc(C)cc1.Cc1ccc(C)nc1.Cc1cnc(C)nc1. The summed E-state index contributed by atoms with van der Waals surface area (Å²) in [7, 11) is 0. The van der Waals surface area contributed by atoms with Crippen molar-refractivity contribution in [1.29, 1.82) is 5.41 Å². The van der Waals surface area contributed by atoms with E-state index in [1.54, 1.807) is 6.92 Å².